The van der Waals surface area contributed by atoms with Crippen LogP contribution in [0.1, 0.15) is 11.3 Å². The van der Waals surface area contributed by atoms with E-state index in [2.05, 4.69) is 20.9 Å². The molecular formula is C14H11BrN2O2S. The van der Waals surface area contributed by atoms with E-state index in [1.807, 2.05) is 31.2 Å². The number of aryl methyl sites for hydroxylation is 1. The maximum absolute atomic E-state index is 11.8. The predicted molar refractivity (Wildman–Crippen MR) is 82.0 cm³/mol. The number of amides is 1. The van der Waals surface area contributed by atoms with Crippen LogP contribution in [0.4, 0.5) is 5.13 Å². The summed E-state index contributed by atoms with van der Waals surface area (Å²) in [6.45, 7) is 2.12. The normalized spacial score (nSPS) is 15.2. The Hall–Kier alpha value is -1.53. The van der Waals surface area contributed by atoms with Gasteiger partial charge in [0.05, 0.1) is 18.7 Å². The number of carbonyl (C=O) groups is 2. The number of ketones is 1. The Kier molecular flexibility index (Phi) is 3.43. The van der Waals surface area contributed by atoms with Crippen LogP contribution in [0.2, 0.25) is 0 Å². The molecule has 0 atom stereocenters. The van der Waals surface area contributed by atoms with Gasteiger partial charge in [-0.05, 0) is 19.1 Å². The fourth-order valence-electron chi connectivity index (χ4n) is 2.13. The van der Waals surface area contributed by atoms with Gasteiger partial charge in [0.1, 0.15) is 0 Å². The Labute approximate surface area is 128 Å². The molecule has 1 fully saturated rings. The van der Waals surface area contributed by atoms with Gasteiger partial charge in [0.25, 0.3) is 0 Å². The largest absolute Gasteiger partial charge is 0.297 e. The fraction of sp³-hybridized carbons (Fsp3) is 0.214. The minimum Gasteiger partial charge on any atom is -0.297 e. The van der Waals surface area contributed by atoms with Gasteiger partial charge in [-0.15, -0.1) is 11.3 Å². The summed E-state index contributed by atoms with van der Waals surface area (Å²) in [5.41, 5.74) is 1.87. The van der Waals surface area contributed by atoms with Crippen molar-refractivity contribution in [2.24, 2.45) is 0 Å². The second-order valence-corrected chi connectivity index (χ2v) is 6.70. The van der Waals surface area contributed by atoms with Crippen molar-refractivity contribution in [2.75, 3.05) is 11.4 Å². The maximum atomic E-state index is 11.8. The molecule has 0 N–H and O–H groups in total. The van der Waals surface area contributed by atoms with Crippen molar-refractivity contribution in [3.63, 3.8) is 0 Å². The summed E-state index contributed by atoms with van der Waals surface area (Å²) in [4.78, 5) is 30.1. The lowest BCUT2D eigenvalue weighted by Gasteiger charge is -2.09. The first-order valence-corrected chi connectivity index (χ1v) is 7.71. The first kappa shape index (κ1) is 13.5. The summed E-state index contributed by atoms with van der Waals surface area (Å²) in [5, 5.41) is 0.608. The highest BCUT2D eigenvalue weighted by Crippen LogP contribution is 2.34. The number of thiazole rings is 1. The van der Waals surface area contributed by atoms with Crippen molar-refractivity contribution in [3.05, 3.63) is 33.6 Å². The second kappa shape index (κ2) is 5.10. The van der Waals surface area contributed by atoms with Crippen molar-refractivity contribution in [3.8, 4) is 11.3 Å². The Balaban J connectivity index is 1.97. The lowest BCUT2D eigenvalue weighted by Crippen LogP contribution is -2.24. The molecule has 1 aromatic heterocycles. The maximum Gasteiger partial charge on any atom is 0.236 e. The van der Waals surface area contributed by atoms with Gasteiger partial charge in [-0.2, -0.15) is 0 Å². The summed E-state index contributed by atoms with van der Waals surface area (Å²) >= 11 is 4.85. The molecule has 102 valence electrons. The molecule has 0 aliphatic carbocycles. The van der Waals surface area contributed by atoms with Crippen molar-refractivity contribution in [2.45, 2.75) is 13.3 Å². The number of benzene rings is 1. The van der Waals surface area contributed by atoms with Crippen LogP contribution in [0.3, 0.4) is 0 Å². The molecule has 2 aromatic rings. The van der Waals surface area contributed by atoms with Crippen molar-refractivity contribution in [1.82, 2.24) is 4.98 Å². The van der Waals surface area contributed by atoms with Crippen molar-refractivity contribution in [1.29, 1.82) is 0 Å². The predicted octanol–water partition coefficient (Wildman–Crippen LogP) is 3.19. The third kappa shape index (κ3) is 2.41. The van der Waals surface area contributed by atoms with Gasteiger partial charge >= 0.3 is 0 Å². The molecule has 0 bridgehead atoms. The standard InChI is InChI=1S/C14H11BrN2O2S/c1-8-13(9-2-4-10(15)5-3-9)16-14(20-8)17-7-11(18)6-12(17)19/h2-5H,6-7H2,1H3. The Bertz CT molecular complexity index is 694. The van der Waals surface area contributed by atoms with E-state index in [1.54, 1.807) is 0 Å². The highest BCUT2D eigenvalue weighted by atomic mass is 79.9. The van der Waals surface area contributed by atoms with Gasteiger partial charge in [0, 0.05) is 14.9 Å². The Morgan fingerprint density at radius 3 is 2.55 bits per heavy atom. The number of nitrogens with zero attached hydrogens (tertiary/aromatic N) is 2. The van der Waals surface area contributed by atoms with E-state index >= 15 is 0 Å². The molecule has 0 radical (unpaired) electrons. The number of hydrogen-bond donors (Lipinski definition) is 0. The van der Waals surface area contributed by atoms with Gasteiger partial charge in [-0.1, -0.05) is 28.1 Å². The molecule has 4 nitrogen and oxygen atoms in total. The van der Waals surface area contributed by atoms with E-state index in [1.165, 1.54) is 16.2 Å². The third-order valence-electron chi connectivity index (χ3n) is 3.12. The summed E-state index contributed by atoms with van der Waals surface area (Å²) in [5.74, 6) is -0.209. The summed E-state index contributed by atoms with van der Waals surface area (Å²) < 4.78 is 1.01. The van der Waals surface area contributed by atoms with Crippen LogP contribution < -0.4 is 4.90 Å². The number of hydrogen-bond acceptors (Lipinski definition) is 4. The SMILES string of the molecule is Cc1sc(N2CC(=O)CC2=O)nc1-c1ccc(Br)cc1. The zero-order valence-corrected chi connectivity index (χ0v) is 13.1. The Morgan fingerprint density at radius 1 is 1.25 bits per heavy atom. The Morgan fingerprint density at radius 2 is 1.95 bits per heavy atom. The molecule has 0 saturated carbocycles. The zero-order valence-electron chi connectivity index (χ0n) is 10.7. The molecule has 0 spiro atoms. The van der Waals surface area contributed by atoms with Crippen LogP contribution in [0, 0.1) is 6.92 Å². The molecule has 20 heavy (non-hydrogen) atoms. The minimum absolute atomic E-state index is 0.00769. The average molecular weight is 351 g/mol. The molecule has 1 amide bonds. The highest BCUT2D eigenvalue weighted by molar-refractivity contribution is 9.10. The third-order valence-corrected chi connectivity index (χ3v) is 4.64. The van der Waals surface area contributed by atoms with Crippen LogP contribution in [-0.2, 0) is 9.59 Å². The van der Waals surface area contributed by atoms with E-state index in [-0.39, 0.29) is 24.7 Å². The number of Topliss-reactive ketones (excluding diaryl/α,β-unsaturated/α-hetero) is 1. The number of halogens is 1. The number of aromatic nitrogens is 1. The number of carbonyl (C=O) groups excluding carboxylic acids is 2. The molecule has 1 aliphatic heterocycles. The van der Waals surface area contributed by atoms with E-state index in [0.29, 0.717) is 5.13 Å². The van der Waals surface area contributed by atoms with Crippen LogP contribution in [0.25, 0.3) is 11.3 Å². The first-order valence-electron chi connectivity index (χ1n) is 6.10. The fourth-order valence-corrected chi connectivity index (χ4v) is 3.34. The molecule has 0 unspecified atom stereocenters. The van der Waals surface area contributed by atoms with Crippen LogP contribution >= 0.6 is 27.3 Å². The average Bonchev–Trinajstić information content (AvgIpc) is 2.93. The van der Waals surface area contributed by atoms with Crippen LogP contribution in [0.15, 0.2) is 28.7 Å². The first-order chi connectivity index (χ1) is 9.54. The highest BCUT2D eigenvalue weighted by Gasteiger charge is 2.31. The van der Waals surface area contributed by atoms with Gasteiger partial charge < -0.3 is 0 Å². The van der Waals surface area contributed by atoms with E-state index in [9.17, 15) is 9.59 Å². The number of rotatable bonds is 2. The molecule has 6 heteroatoms. The topological polar surface area (TPSA) is 50.3 Å². The molecule has 1 aliphatic rings. The number of anilines is 1. The molecule has 1 aromatic carbocycles. The van der Waals surface area contributed by atoms with E-state index in [0.717, 1.165) is 20.6 Å². The monoisotopic (exact) mass is 350 g/mol. The van der Waals surface area contributed by atoms with Gasteiger partial charge in [-0.25, -0.2) is 4.98 Å². The summed E-state index contributed by atoms with van der Waals surface area (Å²) in [6, 6.07) is 7.87. The van der Waals surface area contributed by atoms with E-state index in [4.69, 9.17) is 0 Å². The minimum atomic E-state index is -0.161. The van der Waals surface area contributed by atoms with Crippen LogP contribution in [-0.4, -0.2) is 23.2 Å². The molecular weight excluding hydrogens is 340 g/mol. The smallest absolute Gasteiger partial charge is 0.236 e. The van der Waals surface area contributed by atoms with Gasteiger partial charge in [0.2, 0.25) is 5.91 Å². The van der Waals surface area contributed by atoms with Crippen molar-refractivity contribution < 1.29 is 9.59 Å². The summed E-state index contributed by atoms with van der Waals surface area (Å²) in [6.07, 6.45) is -0.00769. The molecule has 1 saturated heterocycles. The molecule has 3 rings (SSSR count). The summed E-state index contributed by atoms with van der Waals surface area (Å²) in [7, 11) is 0. The lowest BCUT2D eigenvalue weighted by atomic mass is 10.1. The quantitative estimate of drug-likeness (QED) is 0.781. The second-order valence-electron chi connectivity index (χ2n) is 4.60. The van der Waals surface area contributed by atoms with Crippen molar-refractivity contribution >= 4 is 44.1 Å². The lowest BCUT2D eigenvalue weighted by molar-refractivity contribution is -0.121. The van der Waals surface area contributed by atoms with E-state index < -0.39 is 0 Å². The van der Waals surface area contributed by atoms with Crippen LogP contribution in [0.5, 0.6) is 0 Å². The zero-order chi connectivity index (χ0) is 14.3. The van der Waals surface area contributed by atoms with Gasteiger partial charge in [0.15, 0.2) is 10.9 Å². The van der Waals surface area contributed by atoms with Gasteiger partial charge in [-0.3, -0.25) is 14.5 Å². The molecule has 2 heterocycles.